The van der Waals surface area contributed by atoms with Crippen molar-refractivity contribution in [1.29, 1.82) is 0 Å². The number of hydrogen-bond acceptors (Lipinski definition) is 6. The molecule has 42 heavy (non-hydrogen) atoms. The molecule has 10 nitrogen and oxygen atoms in total. The minimum absolute atomic E-state index is 0.0280. The molecule has 5 N–H and O–H groups in total. The quantitative estimate of drug-likeness (QED) is 0.258. The predicted octanol–water partition coefficient (Wildman–Crippen LogP) is 3.57. The first kappa shape index (κ1) is 32.6. The number of carbonyl (C=O) groups is 5. The molecule has 3 rings (SSSR count). The van der Waals surface area contributed by atoms with E-state index in [1.54, 1.807) is 6.07 Å². The van der Waals surface area contributed by atoms with Gasteiger partial charge in [0.2, 0.25) is 17.6 Å². The smallest absolute Gasteiger partial charge is 0.408 e. The highest BCUT2D eigenvalue weighted by Gasteiger charge is 2.38. The molecule has 1 saturated heterocycles. The van der Waals surface area contributed by atoms with Crippen molar-refractivity contribution in [3.63, 3.8) is 0 Å². The summed E-state index contributed by atoms with van der Waals surface area (Å²) >= 11 is 6.26. The molecule has 4 amide bonds. The normalized spacial score (nSPS) is 17.1. The minimum Gasteiger partial charge on any atom is -0.440 e. The summed E-state index contributed by atoms with van der Waals surface area (Å²) in [4.78, 5) is 63.2. The molecular formula is C31H39ClN4O6. The number of rotatable bonds is 13. The van der Waals surface area contributed by atoms with E-state index in [1.807, 2.05) is 76.2 Å². The van der Waals surface area contributed by atoms with Crippen molar-refractivity contribution in [2.45, 2.75) is 70.6 Å². The number of benzene rings is 2. The molecule has 0 aliphatic carbocycles. The lowest BCUT2D eigenvalue weighted by Gasteiger charge is -2.35. The van der Waals surface area contributed by atoms with Crippen LogP contribution in [0.2, 0.25) is 5.02 Å². The molecule has 0 aromatic heterocycles. The Kier molecular flexibility index (Phi) is 11.1. The Bertz CT molecular complexity index is 1300. The second-order valence-corrected chi connectivity index (χ2v) is 12.0. The Morgan fingerprint density at radius 2 is 1.74 bits per heavy atom. The first-order valence-electron chi connectivity index (χ1n) is 14.0. The lowest BCUT2D eigenvalue weighted by molar-refractivity contribution is -0.139. The van der Waals surface area contributed by atoms with Crippen LogP contribution in [0.3, 0.4) is 0 Å². The van der Waals surface area contributed by atoms with E-state index in [0.717, 1.165) is 11.1 Å². The first-order chi connectivity index (χ1) is 19.8. The number of carbonyl (C=O) groups excluding carboxylic acids is 5. The average Bonchev–Trinajstić information content (AvgIpc) is 3.34. The van der Waals surface area contributed by atoms with Gasteiger partial charge in [0, 0.05) is 22.9 Å². The molecule has 0 radical (unpaired) electrons. The number of ketones is 1. The Labute approximate surface area is 251 Å². The molecule has 11 heteroatoms. The van der Waals surface area contributed by atoms with Crippen LogP contribution >= 0.6 is 11.6 Å². The molecule has 4 atom stereocenters. The molecule has 226 valence electrons. The van der Waals surface area contributed by atoms with E-state index in [-0.39, 0.29) is 24.7 Å². The number of halogens is 1. The van der Waals surface area contributed by atoms with E-state index in [2.05, 4.69) is 16.0 Å². The number of Topliss-reactive ketones (excluding diaryl/α,β-unsaturated/α-hetero) is 1. The van der Waals surface area contributed by atoms with Crippen LogP contribution in [0.25, 0.3) is 0 Å². The van der Waals surface area contributed by atoms with Crippen LogP contribution in [0.5, 0.6) is 0 Å². The summed E-state index contributed by atoms with van der Waals surface area (Å²) in [5.74, 6) is -3.77. The monoisotopic (exact) mass is 598 g/mol. The zero-order valence-electron chi connectivity index (χ0n) is 24.3. The lowest BCUT2D eigenvalue weighted by atomic mass is 9.76. The fourth-order valence-electron chi connectivity index (χ4n) is 5.12. The largest absolute Gasteiger partial charge is 0.440 e. The summed E-state index contributed by atoms with van der Waals surface area (Å²) in [6.07, 6.45) is -1.00. The van der Waals surface area contributed by atoms with Crippen molar-refractivity contribution in [1.82, 2.24) is 16.0 Å². The summed E-state index contributed by atoms with van der Waals surface area (Å²) in [6, 6.07) is 14.1. The van der Waals surface area contributed by atoms with Crippen LogP contribution in [0.4, 0.5) is 4.79 Å². The number of hydrogen-bond donors (Lipinski definition) is 4. The fourth-order valence-corrected chi connectivity index (χ4v) is 5.31. The van der Waals surface area contributed by atoms with Gasteiger partial charge in [-0.1, -0.05) is 81.8 Å². The van der Waals surface area contributed by atoms with Crippen molar-refractivity contribution < 1.29 is 28.7 Å². The highest BCUT2D eigenvalue weighted by atomic mass is 35.5. The van der Waals surface area contributed by atoms with Gasteiger partial charge in [0.1, 0.15) is 12.1 Å². The number of alkyl carbamates (subject to hydrolysis) is 1. The van der Waals surface area contributed by atoms with Gasteiger partial charge in [-0.25, -0.2) is 4.79 Å². The van der Waals surface area contributed by atoms with Crippen LogP contribution < -0.4 is 21.7 Å². The zero-order valence-corrected chi connectivity index (χ0v) is 25.1. The van der Waals surface area contributed by atoms with E-state index in [9.17, 15) is 24.0 Å². The van der Waals surface area contributed by atoms with Crippen molar-refractivity contribution in [2.24, 2.45) is 17.6 Å². The van der Waals surface area contributed by atoms with Crippen molar-refractivity contribution >= 4 is 41.2 Å². The van der Waals surface area contributed by atoms with E-state index in [1.165, 1.54) is 0 Å². The molecule has 2 aromatic rings. The highest BCUT2D eigenvalue weighted by Crippen LogP contribution is 2.40. The van der Waals surface area contributed by atoms with Gasteiger partial charge in [-0.3, -0.25) is 19.2 Å². The van der Waals surface area contributed by atoms with Gasteiger partial charge in [-0.05, 0) is 48.4 Å². The first-order valence-corrected chi connectivity index (χ1v) is 14.4. The van der Waals surface area contributed by atoms with Gasteiger partial charge in [-0.2, -0.15) is 0 Å². The second-order valence-electron chi connectivity index (χ2n) is 11.6. The molecule has 0 saturated carbocycles. The molecule has 0 spiro atoms. The van der Waals surface area contributed by atoms with Crippen molar-refractivity contribution in [3.8, 4) is 0 Å². The molecule has 0 bridgehead atoms. The Morgan fingerprint density at radius 3 is 2.31 bits per heavy atom. The zero-order chi connectivity index (χ0) is 31.0. The molecular weight excluding hydrogens is 560 g/mol. The maximum Gasteiger partial charge on any atom is 0.408 e. The fraction of sp³-hybridized carbons (Fsp3) is 0.452. The standard InChI is InChI=1S/C31H39ClN4O6/c1-18(2)15-24(29(40)35-23(25(37)27(33)38)16-20-13-14-34-28(20)39)36-30(41)42-26(19-9-6-5-7-10-19)31(3,4)21-11-8-12-22(32)17-21/h5-12,17-18,20,23-24,26H,13-16H2,1-4H3,(H2,33,38)(H,34,39)(H,35,40)(H,36,41). The molecule has 1 heterocycles. The van der Waals surface area contributed by atoms with Crippen LogP contribution in [-0.4, -0.2) is 48.2 Å². The Hall–Kier alpha value is -3.92. The third-order valence-electron chi connectivity index (χ3n) is 7.43. The third-order valence-corrected chi connectivity index (χ3v) is 7.66. The lowest BCUT2D eigenvalue weighted by Crippen LogP contribution is -2.54. The van der Waals surface area contributed by atoms with Crippen LogP contribution in [0.15, 0.2) is 54.6 Å². The van der Waals surface area contributed by atoms with E-state index in [4.69, 9.17) is 22.1 Å². The number of primary amides is 1. The van der Waals surface area contributed by atoms with Gasteiger partial charge in [0.05, 0.1) is 6.04 Å². The summed E-state index contributed by atoms with van der Waals surface area (Å²) in [5, 5.41) is 8.41. The summed E-state index contributed by atoms with van der Waals surface area (Å²) in [7, 11) is 0. The van der Waals surface area contributed by atoms with Gasteiger partial charge >= 0.3 is 6.09 Å². The Balaban J connectivity index is 1.83. The van der Waals surface area contributed by atoms with Crippen molar-refractivity contribution in [2.75, 3.05) is 6.54 Å². The van der Waals surface area contributed by atoms with Crippen molar-refractivity contribution in [3.05, 3.63) is 70.7 Å². The van der Waals surface area contributed by atoms with Gasteiger partial charge in [0.25, 0.3) is 5.91 Å². The number of nitrogens with two attached hydrogens (primary N) is 1. The average molecular weight is 599 g/mol. The topological polar surface area (TPSA) is 157 Å². The number of amides is 4. The second kappa shape index (κ2) is 14.3. The molecule has 1 fully saturated rings. The number of nitrogens with one attached hydrogen (secondary N) is 3. The summed E-state index contributed by atoms with van der Waals surface area (Å²) < 4.78 is 6.00. The van der Waals surface area contributed by atoms with Gasteiger partial charge in [0.15, 0.2) is 0 Å². The summed E-state index contributed by atoms with van der Waals surface area (Å²) in [6.45, 7) is 8.04. The van der Waals surface area contributed by atoms with E-state index >= 15 is 0 Å². The predicted molar refractivity (Wildman–Crippen MR) is 158 cm³/mol. The van der Waals surface area contributed by atoms with E-state index < -0.39 is 53.2 Å². The molecule has 2 aromatic carbocycles. The minimum atomic E-state index is -1.31. The molecule has 1 aliphatic rings. The van der Waals surface area contributed by atoms with E-state index in [0.29, 0.717) is 18.0 Å². The van der Waals surface area contributed by atoms with Gasteiger partial charge in [-0.15, -0.1) is 0 Å². The Morgan fingerprint density at radius 1 is 1.05 bits per heavy atom. The summed E-state index contributed by atoms with van der Waals surface area (Å²) in [5.41, 5.74) is 6.09. The number of ether oxygens (including phenoxy) is 1. The third kappa shape index (κ3) is 8.55. The maximum atomic E-state index is 13.4. The highest BCUT2D eigenvalue weighted by molar-refractivity contribution is 6.38. The van der Waals surface area contributed by atoms with Crippen LogP contribution in [0, 0.1) is 11.8 Å². The van der Waals surface area contributed by atoms with Crippen LogP contribution in [-0.2, 0) is 29.3 Å². The maximum absolute atomic E-state index is 13.4. The molecule has 1 aliphatic heterocycles. The SMILES string of the molecule is CC(C)CC(NC(=O)OC(c1ccccc1)C(C)(C)c1cccc(Cl)c1)C(=O)NC(CC1CCNC1=O)C(=O)C(N)=O. The molecule has 4 unspecified atom stereocenters. The van der Waals surface area contributed by atoms with Crippen LogP contribution in [0.1, 0.15) is 64.2 Å². The van der Waals surface area contributed by atoms with Gasteiger partial charge < -0.3 is 26.4 Å².